The average molecular weight is 434 g/mol. The van der Waals surface area contributed by atoms with Crippen molar-refractivity contribution >= 4 is 5.97 Å². The zero-order valence-corrected chi connectivity index (χ0v) is 17.8. The first-order valence-corrected chi connectivity index (χ1v) is 10.5. The number of ether oxygens (including phenoxy) is 4. The topological polar surface area (TPSA) is 74.2 Å². The van der Waals surface area contributed by atoms with E-state index in [-0.39, 0.29) is 6.61 Å². The number of rotatable bonds is 8. The van der Waals surface area contributed by atoms with Gasteiger partial charge in [-0.3, -0.25) is 0 Å². The van der Waals surface area contributed by atoms with Gasteiger partial charge in [-0.2, -0.15) is 0 Å². The van der Waals surface area contributed by atoms with Crippen molar-refractivity contribution in [3.05, 3.63) is 108 Å². The summed E-state index contributed by atoms with van der Waals surface area (Å²) in [6.45, 7) is 0.748. The van der Waals surface area contributed by atoms with Crippen LogP contribution in [0, 0.1) is 0 Å². The number of methoxy groups -OCH3 is 1. The highest BCUT2D eigenvalue weighted by molar-refractivity contribution is 5.77. The molecule has 3 aromatic carbocycles. The van der Waals surface area contributed by atoms with E-state index in [1.807, 2.05) is 91.0 Å². The highest BCUT2D eigenvalue weighted by atomic mass is 16.8. The fourth-order valence-electron chi connectivity index (χ4n) is 4.07. The standard InChI is InChI=1S/C26H26O6/c1-29-24(28)23(27)26(21-13-7-3-8-14-21,22-15-9-4-10-16-22)32-19-25(30-17-18-31-25)20-11-5-2-6-12-20/h2-16,23,27H,17-19H2,1H3. The van der Waals surface area contributed by atoms with Crippen molar-refractivity contribution in [3.63, 3.8) is 0 Å². The molecule has 0 aromatic heterocycles. The Kier molecular flexibility index (Phi) is 6.67. The highest BCUT2D eigenvalue weighted by Gasteiger charge is 2.50. The smallest absolute Gasteiger partial charge is 0.338 e. The predicted molar refractivity (Wildman–Crippen MR) is 118 cm³/mol. The number of benzene rings is 3. The van der Waals surface area contributed by atoms with Crippen LogP contribution in [0.1, 0.15) is 16.7 Å². The lowest BCUT2D eigenvalue weighted by molar-refractivity contribution is -0.237. The third kappa shape index (κ3) is 4.06. The fraction of sp³-hybridized carbons (Fsp3) is 0.269. The Hall–Kier alpha value is -3.03. The van der Waals surface area contributed by atoms with Crippen LogP contribution in [0.5, 0.6) is 0 Å². The van der Waals surface area contributed by atoms with Gasteiger partial charge in [0.2, 0.25) is 5.79 Å². The summed E-state index contributed by atoms with van der Waals surface area (Å²) in [4.78, 5) is 12.6. The van der Waals surface area contributed by atoms with E-state index >= 15 is 0 Å². The van der Waals surface area contributed by atoms with Gasteiger partial charge in [0.05, 0.1) is 20.3 Å². The second kappa shape index (κ2) is 9.63. The molecule has 166 valence electrons. The van der Waals surface area contributed by atoms with E-state index < -0.39 is 23.5 Å². The van der Waals surface area contributed by atoms with E-state index in [2.05, 4.69) is 0 Å². The summed E-state index contributed by atoms with van der Waals surface area (Å²) < 4.78 is 23.5. The molecule has 1 N–H and O–H groups in total. The van der Waals surface area contributed by atoms with Crippen molar-refractivity contribution in [2.75, 3.05) is 26.9 Å². The van der Waals surface area contributed by atoms with E-state index in [4.69, 9.17) is 18.9 Å². The van der Waals surface area contributed by atoms with Crippen molar-refractivity contribution in [3.8, 4) is 0 Å². The summed E-state index contributed by atoms with van der Waals surface area (Å²) in [7, 11) is 1.24. The minimum atomic E-state index is -1.63. The maximum absolute atomic E-state index is 12.6. The van der Waals surface area contributed by atoms with Crippen molar-refractivity contribution in [2.24, 2.45) is 0 Å². The first-order valence-electron chi connectivity index (χ1n) is 10.5. The third-order valence-corrected chi connectivity index (χ3v) is 5.67. The number of aliphatic hydroxyl groups excluding tert-OH is 1. The van der Waals surface area contributed by atoms with E-state index in [0.717, 1.165) is 5.56 Å². The zero-order chi connectivity index (χ0) is 22.4. The number of carbonyl (C=O) groups excluding carboxylic acids is 1. The Morgan fingerprint density at radius 3 is 1.84 bits per heavy atom. The van der Waals surface area contributed by atoms with Crippen LogP contribution in [0.4, 0.5) is 0 Å². The zero-order valence-electron chi connectivity index (χ0n) is 17.8. The Balaban J connectivity index is 1.83. The molecule has 0 spiro atoms. The van der Waals surface area contributed by atoms with E-state index in [0.29, 0.717) is 24.3 Å². The summed E-state index contributed by atoms with van der Waals surface area (Å²) in [5, 5.41) is 11.3. The summed E-state index contributed by atoms with van der Waals surface area (Å²) in [5.74, 6) is -1.97. The molecule has 0 saturated carbocycles. The molecule has 1 aliphatic rings. The summed E-state index contributed by atoms with van der Waals surface area (Å²) in [6.07, 6.45) is -1.63. The molecule has 0 aliphatic carbocycles. The van der Waals surface area contributed by atoms with E-state index in [1.165, 1.54) is 7.11 Å². The third-order valence-electron chi connectivity index (χ3n) is 5.67. The molecular weight excluding hydrogens is 408 g/mol. The molecule has 6 nitrogen and oxygen atoms in total. The van der Waals surface area contributed by atoms with Gasteiger partial charge in [-0.25, -0.2) is 4.79 Å². The van der Waals surface area contributed by atoms with Crippen molar-refractivity contribution in [2.45, 2.75) is 17.5 Å². The molecule has 0 bridgehead atoms. The molecule has 1 heterocycles. The van der Waals surface area contributed by atoms with Crippen LogP contribution in [-0.4, -0.2) is 44.1 Å². The van der Waals surface area contributed by atoms with Crippen LogP contribution in [0.3, 0.4) is 0 Å². The van der Waals surface area contributed by atoms with Crippen molar-refractivity contribution in [1.82, 2.24) is 0 Å². The number of carbonyl (C=O) groups is 1. The Morgan fingerprint density at radius 2 is 1.38 bits per heavy atom. The van der Waals surface area contributed by atoms with E-state index in [9.17, 15) is 9.90 Å². The van der Waals surface area contributed by atoms with Crippen molar-refractivity contribution < 1.29 is 28.8 Å². The molecule has 1 saturated heterocycles. The highest BCUT2D eigenvalue weighted by Crippen LogP contribution is 2.41. The Labute approximate surface area is 187 Å². The lowest BCUT2D eigenvalue weighted by Gasteiger charge is -2.40. The van der Waals surface area contributed by atoms with Gasteiger partial charge >= 0.3 is 5.97 Å². The van der Waals surface area contributed by atoms with Crippen LogP contribution in [0.15, 0.2) is 91.0 Å². The van der Waals surface area contributed by atoms with Gasteiger partial charge in [-0.15, -0.1) is 0 Å². The first-order chi connectivity index (χ1) is 15.6. The van der Waals surface area contributed by atoms with Crippen LogP contribution >= 0.6 is 0 Å². The molecule has 4 rings (SSSR count). The summed E-state index contributed by atoms with van der Waals surface area (Å²) >= 11 is 0. The van der Waals surface area contributed by atoms with Gasteiger partial charge in [0.15, 0.2) is 11.7 Å². The van der Waals surface area contributed by atoms with Gasteiger partial charge in [0.1, 0.15) is 6.61 Å². The minimum absolute atomic E-state index is 0.0607. The average Bonchev–Trinajstić information content (AvgIpc) is 3.36. The SMILES string of the molecule is COC(=O)C(O)C(OCC1(c2ccccc2)OCCO1)(c1ccccc1)c1ccccc1. The number of hydrogen-bond acceptors (Lipinski definition) is 6. The largest absolute Gasteiger partial charge is 0.467 e. The quantitative estimate of drug-likeness (QED) is 0.548. The van der Waals surface area contributed by atoms with Gasteiger partial charge in [0.25, 0.3) is 0 Å². The van der Waals surface area contributed by atoms with Gasteiger partial charge in [0, 0.05) is 5.56 Å². The molecule has 3 aromatic rings. The van der Waals surface area contributed by atoms with Crippen LogP contribution in [0.2, 0.25) is 0 Å². The summed E-state index contributed by atoms with van der Waals surface area (Å²) in [6, 6.07) is 27.8. The lowest BCUT2D eigenvalue weighted by atomic mass is 9.81. The van der Waals surface area contributed by atoms with Crippen LogP contribution in [-0.2, 0) is 35.1 Å². The van der Waals surface area contributed by atoms with Crippen molar-refractivity contribution in [1.29, 1.82) is 0 Å². The number of hydrogen-bond donors (Lipinski definition) is 1. The van der Waals surface area contributed by atoms with Crippen LogP contribution < -0.4 is 0 Å². The summed E-state index contributed by atoms with van der Waals surface area (Å²) in [5.41, 5.74) is 0.447. The molecule has 1 fully saturated rings. The molecule has 0 radical (unpaired) electrons. The second-order valence-electron chi connectivity index (χ2n) is 7.50. The molecule has 1 aliphatic heterocycles. The molecule has 32 heavy (non-hydrogen) atoms. The molecular formula is C26H26O6. The second-order valence-corrected chi connectivity index (χ2v) is 7.50. The lowest BCUT2D eigenvalue weighted by Crippen LogP contribution is -2.50. The molecule has 0 amide bonds. The van der Waals surface area contributed by atoms with Gasteiger partial charge < -0.3 is 24.1 Å². The first kappa shape index (κ1) is 22.2. The fourth-order valence-corrected chi connectivity index (χ4v) is 4.07. The van der Waals surface area contributed by atoms with Crippen LogP contribution in [0.25, 0.3) is 0 Å². The monoisotopic (exact) mass is 434 g/mol. The Bertz CT molecular complexity index is 961. The number of aliphatic hydroxyl groups is 1. The van der Waals surface area contributed by atoms with E-state index in [1.54, 1.807) is 0 Å². The maximum atomic E-state index is 12.6. The Morgan fingerprint density at radius 1 is 0.906 bits per heavy atom. The molecule has 1 atom stereocenters. The predicted octanol–water partition coefficient (Wildman–Crippen LogP) is 3.38. The number of esters is 1. The molecule has 1 unspecified atom stereocenters. The maximum Gasteiger partial charge on any atom is 0.338 e. The van der Waals surface area contributed by atoms with Gasteiger partial charge in [-0.05, 0) is 11.1 Å². The normalized spacial score (nSPS) is 16.4. The molecule has 6 heteroatoms. The minimum Gasteiger partial charge on any atom is -0.467 e. The van der Waals surface area contributed by atoms with Gasteiger partial charge in [-0.1, -0.05) is 91.0 Å².